The Morgan fingerprint density at radius 1 is 0.909 bits per heavy atom. The number of aromatic nitrogens is 1. The maximum absolute atomic E-state index is 12.6. The van der Waals surface area contributed by atoms with Gasteiger partial charge in [-0.1, -0.05) is 84.3 Å². The lowest BCUT2D eigenvalue weighted by atomic mass is 9.76. The molecule has 7 heteroatoms. The van der Waals surface area contributed by atoms with E-state index in [-0.39, 0.29) is 11.7 Å². The van der Waals surface area contributed by atoms with Gasteiger partial charge in [-0.3, -0.25) is 4.79 Å². The molecular weight excluding hydrogens is 552 g/mol. The van der Waals surface area contributed by atoms with E-state index < -0.39 is 11.0 Å². The van der Waals surface area contributed by atoms with Crippen LogP contribution < -0.4 is 10.4 Å². The van der Waals surface area contributed by atoms with Gasteiger partial charge in [0.1, 0.15) is 0 Å². The zero-order valence-electron chi connectivity index (χ0n) is 27.3. The van der Waals surface area contributed by atoms with Gasteiger partial charge < -0.3 is 13.9 Å². The van der Waals surface area contributed by atoms with E-state index in [1.807, 2.05) is 19.9 Å². The predicted molar refractivity (Wildman–Crippen MR) is 175 cm³/mol. The lowest BCUT2D eigenvalue weighted by Gasteiger charge is -2.30. The van der Waals surface area contributed by atoms with Crippen molar-refractivity contribution in [3.8, 4) is 23.1 Å². The highest BCUT2D eigenvalue weighted by atomic mass is 16.5. The van der Waals surface area contributed by atoms with Crippen LogP contribution >= 0.6 is 0 Å². The first kappa shape index (κ1) is 34.8. The molecule has 0 saturated carbocycles. The Bertz CT molecular complexity index is 1440. The Morgan fingerprint density at radius 3 is 2.18 bits per heavy atom. The Kier molecular flexibility index (Phi) is 13.9. The Balaban J connectivity index is 1.23. The molecule has 0 aliphatic heterocycles. The van der Waals surface area contributed by atoms with E-state index in [0.717, 1.165) is 32.1 Å². The molecule has 0 radical (unpaired) electrons. The van der Waals surface area contributed by atoms with Gasteiger partial charge in [0, 0.05) is 11.5 Å². The van der Waals surface area contributed by atoms with Crippen LogP contribution in [0.4, 0.5) is 0 Å². The molecule has 1 aromatic carbocycles. The SMILES string of the molecule is CC(C)CC(C)C(C)(C)C(=O)OCCCCCCCCCCCCOc1ccc2cc(-c3cccc(C#N)c3)c(=O)oc2n1. The molecule has 44 heavy (non-hydrogen) atoms. The third-order valence-electron chi connectivity index (χ3n) is 8.48. The summed E-state index contributed by atoms with van der Waals surface area (Å²) >= 11 is 0. The molecule has 0 spiro atoms. The second kappa shape index (κ2) is 17.6. The summed E-state index contributed by atoms with van der Waals surface area (Å²) in [4.78, 5) is 29.5. The molecule has 0 amide bonds. The minimum Gasteiger partial charge on any atom is -0.478 e. The summed E-state index contributed by atoms with van der Waals surface area (Å²) in [6.07, 6.45) is 12.4. The second-order valence-electron chi connectivity index (χ2n) is 13.0. The smallest absolute Gasteiger partial charge is 0.345 e. The van der Waals surface area contributed by atoms with E-state index in [4.69, 9.17) is 19.2 Å². The van der Waals surface area contributed by atoms with Crippen LogP contribution in [0.15, 0.2) is 51.7 Å². The number of carbonyl (C=O) groups excluding carboxylic acids is 1. The van der Waals surface area contributed by atoms with Crippen LogP contribution in [0.5, 0.6) is 5.88 Å². The van der Waals surface area contributed by atoms with Crippen LogP contribution in [0.1, 0.15) is 111 Å². The molecular formula is C37H50N2O5. The average Bonchev–Trinajstić information content (AvgIpc) is 3.00. The number of rotatable bonds is 19. The molecule has 0 aliphatic carbocycles. The first-order valence-corrected chi connectivity index (χ1v) is 16.4. The molecule has 0 fully saturated rings. The van der Waals surface area contributed by atoms with E-state index in [1.54, 1.807) is 36.4 Å². The first-order valence-electron chi connectivity index (χ1n) is 16.4. The number of pyridine rings is 1. The predicted octanol–water partition coefficient (Wildman–Crippen LogP) is 9.26. The number of ether oxygens (including phenoxy) is 2. The van der Waals surface area contributed by atoms with Crippen molar-refractivity contribution in [3.05, 3.63) is 58.4 Å². The topological polar surface area (TPSA) is 102 Å². The van der Waals surface area contributed by atoms with Gasteiger partial charge >= 0.3 is 11.6 Å². The lowest BCUT2D eigenvalue weighted by Crippen LogP contribution is -2.34. The summed E-state index contributed by atoms with van der Waals surface area (Å²) in [6.45, 7) is 11.7. The highest BCUT2D eigenvalue weighted by Crippen LogP contribution is 2.33. The van der Waals surface area contributed by atoms with Crippen molar-refractivity contribution < 1.29 is 18.7 Å². The quantitative estimate of drug-likeness (QED) is 0.0995. The third kappa shape index (κ3) is 10.8. The molecule has 0 saturated heterocycles. The van der Waals surface area contributed by atoms with Crippen LogP contribution in [0, 0.1) is 28.6 Å². The van der Waals surface area contributed by atoms with Gasteiger partial charge in [0.05, 0.1) is 35.8 Å². The summed E-state index contributed by atoms with van der Waals surface area (Å²) in [5.74, 6) is 1.27. The largest absolute Gasteiger partial charge is 0.478 e. The van der Waals surface area contributed by atoms with Crippen molar-refractivity contribution in [1.82, 2.24) is 4.98 Å². The molecule has 1 unspecified atom stereocenters. The zero-order chi connectivity index (χ0) is 32.0. The summed E-state index contributed by atoms with van der Waals surface area (Å²) < 4.78 is 16.9. The number of esters is 1. The van der Waals surface area contributed by atoms with Crippen molar-refractivity contribution in [2.24, 2.45) is 17.3 Å². The van der Waals surface area contributed by atoms with Gasteiger partial charge in [0.25, 0.3) is 0 Å². The van der Waals surface area contributed by atoms with Crippen LogP contribution in [-0.4, -0.2) is 24.2 Å². The van der Waals surface area contributed by atoms with Crippen molar-refractivity contribution in [2.75, 3.05) is 13.2 Å². The lowest BCUT2D eigenvalue weighted by molar-refractivity contribution is -0.157. The van der Waals surface area contributed by atoms with E-state index in [2.05, 4.69) is 31.8 Å². The van der Waals surface area contributed by atoms with E-state index in [1.165, 1.54) is 38.5 Å². The fourth-order valence-corrected chi connectivity index (χ4v) is 5.37. The summed E-state index contributed by atoms with van der Waals surface area (Å²) in [7, 11) is 0. The van der Waals surface area contributed by atoms with E-state index in [0.29, 0.717) is 53.0 Å². The minimum atomic E-state index is -0.496. The maximum Gasteiger partial charge on any atom is 0.345 e. The number of nitrogens with zero attached hydrogens (tertiary/aromatic N) is 2. The van der Waals surface area contributed by atoms with Crippen LogP contribution in [0.3, 0.4) is 0 Å². The van der Waals surface area contributed by atoms with E-state index >= 15 is 0 Å². The molecule has 3 rings (SSSR count). The summed E-state index contributed by atoms with van der Waals surface area (Å²) in [5.41, 5.74) is 0.839. The highest BCUT2D eigenvalue weighted by molar-refractivity contribution is 5.79. The van der Waals surface area contributed by atoms with E-state index in [9.17, 15) is 9.59 Å². The summed E-state index contributed by atoms with van der Waals surface area (Å²) in [5, 5.41) is 9.84. The van der Waals surface area contributed by atoms with Crippen molar-refractivity contribution >= 4 is 17.1 Å². The number of nitriles is 1. The molecule has 3 aromatic rings. The first-order chi connectivity index (χ1) is 21.1. The third-order valence-corrected chi connectivity index (χ3v) is 8.48. The maximum atomic E-state index is 12.6. The van der Waals surface area contributed by atoms with Crippen molar-refractivity contribution in [1.29, 1.82) is 5.26 Å². The van der Waals surface area contributed by atoms with Gasteiger partial charge in [0.2, 0.25) is 11.6 Å². The number of hydrogen-bond acceptors (Lipinski definition) is 7. The second-order valence-corrected chi connectivity index (χ2v) is 13.0. The van der Waals surface area contributed by atoms with Crippen molar-refractivity contribution in [3.63, 3.8) is 0 Å². The van der Waals surface area contributed by atoms with Gasteiger partial charge in [0.15, 0.2) is 0 Å². The van der Waals surface area contributed by atoms with Crippen LogP contribution in [0.25, 0.3) is 22.2 Å². The Morgan fingerprint density at radius 2 is 1.55 bits per heavy atom. The van der Waals surface area contributed by atoms with Gasteiger partial charge in [-0.2, -0.15) is 10.2 Å². The molecule has 238 valence electrons. The normalized spacial score (nSPS) is 12.3. The van der Waals surface area contributed by atoms with Gasteiger partial charge in [-0.25, -0.2) is 4.79 Å². The molecule has 2 heterocycles. The number of carbonyl (C=O) groups is 1. The fourth-order valence-electron chi connectivity index (χ4n) is 5.37. The van der Waals surface area contributed by atoms with Crippen molar-refractivity contribution in [2.45, 2.75) is 105 Å². The standard InChI is InChI=1S/C37H50N2O5/c1-27(2)23-28(3)37(4,5)36(41)43-22-15-13-11-9-7-6-8-10-12-14-21-42-33-20-19-31-25-32(35(40)44-34(31)39-33)30-18-16-17-29(24-30)26-38/h16-20,24-25,27-28H,6-15,21-23H2,1-5H3. The zero-order valence-corrected chi connectivity index (χ0v) is 27.3. The molecule has 2 aromatic heterocycles. The highest BCUT2D eigenvalue weighted by Gasteiger charge is 2.35. The molecule has 0 N–H and O–H groups in total. The average molecular weight is 603 g/mol. The Labute approximate surface area is 263 Å². The van der Waals surface area contributed by atoms with Crippen LogP contribution in [0.2, 0.25) is 0 Å². The van der Waals surface area contributed by atoms with Crippen LogP contribution in [-0.2, 0) is 9.53 Å². The molecule has 7 nitrogen and oxygen atoms in total. The molecule has 0 bridgehead atoms. The number of fused-ring (bicyclic) bond motifs is 1. The summed E-state index contributed by atoms with van der Waals surface area (Å²) in [6, 6.07) is 14.3. The molecule has 1 atom stereocenters. The van der Waals surface area contributed by atoms with Gasteiger partial charge in [-0.15, -0.1) is 0 Å². The number of benzene rings is 1. The monoisotopic (exact) mass is 602 g/mol. The van der Waals surface area contributed by atoms with Gasteiger partial charge in [-0.05, 0) is 74.8 Å². The fraction of sp³-hybridized carbons (Fsp3) is 0.568. The minimum absolute atomic E-state index is 0.0622. The molecule has 0 aliphatic rings. The number of hydrogen-bond donors (Lipinski definition) is 0. The number of unbranched alkanes of at least 4 members (excludes halogenated alkanes) is 9. The Hall–Kier alpha value is -3.66.